The molecule has 1 N–H and O–H groups in total. The minimum absolute atomic E-state index is 0.0552. The smallest absolute Gasteiger partial charge is 0.272 e. The average Bonchev–Trinajstić information content (AvgIpc) is 3.19. The number of thioether (sulfide) groups is 1. The zero-order valence-corrected chi connectivity index (χ0v) is 18.3. The standard InChI is InChI=1S/C22H25N3O2S2/c1-4-13-25-21(27)19-18(12-14-28-19)24-22(25)29-16(3)20(26)23-15(2)10-11-17-8-6-5-7-9-17/h4-9,12,14-16H,1,10-11,13H2,2-3H3,(H,23,26). The van der Waals surface area contributed by atoms with Crippen molar-refractivity contribution in [3.63, 3.8) is 0 Å². The van der Waals surface area contributed by atoms with E-state index in [0.717, 1.165) is 12.8 Å². The number of benzene rings is 1. The van der Waals surface area contributed by atoms with Gasteiger partial charge in [0.15, 0.2) is 5.16 Å². The summed E-state index contributed by atoms with van der Waals surface area (Å²) in [5.41, 5.74) is 1.85. The zero-order valence-electron chi connectivity index (χ0n) is 16.6. The van der Waals surface area contributed by atoms with Crippen molar-refractivity contribution in [3.05, 3.63) is 70.4 Å². The summed E-state index contributed by atoms with van der Waals surface area (Å²) in [6, 6.07) is 12.1. The van der Waals surface area contributed by atoms with Gasteiger partial charge in [0.2, 0.25) is 5.91 Å². The first-order chi connectivity index (χ1) is 14.0. The Labute approximate surface area is 178 Å². The number of aromatic nitrogens is 2. The van der Waals surface area contributed by atoms with Gasteiger partial charge in [-0.3, -0.25) is 14.2 Å². The molecule has 3 rings (SSSR count). The molecule has 2 aromatic heterocycles. The fraction of sp³-hybridized carbons (Fsp3) is 0.318. The number of carbonyl (C=O) groups is 1. The van der Waals surface area contributed by atoms with Gasteiger partial charge in [0.05, 0.1) is 10.8 Å². The number of rotatable bonds is 9. The molecule has 2 unspecified atom stereocenters. The lowest BCUT2D eigenvalue weighted by atomic mass is 10.1. The zero-order chi connectivity index (χ0) is 20.8. The van der Waals surface area contributed by atoms with Crippen LogP contribution in [0.15, 0.2) is 64.4 Å². The van der Waals surface area contributed by atoms with Crippen LogP contribution in [0.25, 0.3) is 10.2 Å². The van der Waals surface area contributed by atoms with E-state index in [1.807, 2.05) is 43.5 Å². The minimum Gasteiger partial charge on any atom is -0.353 e. The third-order valence-electron chi connectivity index (χ3n) is 4.59. The van der Waals surface area contributed by atoms with Crippen molar-refractivity contribution in [2.45, 2.75) is 49.7 Å². The average molecular weight is 428 g/mol. The molecule has 29 heavy (non-hydrogen) atoms. The van der Waals surface area contributed by atoms with Crippen LogP contribution in [0.2, 0.25) is 0 Å². The molecule has 0 aliphatic rings. The Morgan fingerprint density at radius 1 is 1.31 bits per heavy atom. The summed E-state index contributed by atoms with van der Waals surface area (Å²) in [5.74, 6) is -0.0552. The van der Waals surface area contributed by atoms with Gasteiger partial charge in [-0.05, 0) is 43.7 Å². The van der Waals surface area contributed by atoms with E-state index in [-0.39, 0.29) is 22.8 Å². The van der Waals surface area contributed by atoms with Crippen LogP contribution in [-0.2, 0) is 17.8 Å². The molecule has 2 atom stereocenters. The highest BCUT2D eigenvalue weighted by Crippen LogP contribution is 2.24. The van der Waals surface area contributed by atoms with Gasteiger partial charge in [0.1, 0.15) is 4.70 Å². The second kappa shape index (κ2) is 9.89. The lowest BCUT2D eigenvalue weighted by molar-refractivity contribution is -0.120. The van der Waals surface area contributed by atoms with Gasteiger partial charge in [-0.1, -0.05) is 48.2 Å². The first-order valence-corrected chi connectivity index (χ1v) is 11.4. The highest BCUT2D eigenvalue weighted by molar-refractivity contribution is 8.00. The first kappa shape index (κ1) is 21.3. The lowest BCUT2D eigenvalue weighted by Crippen LogP contribution is -2.38. The fourth-order valence-corrected chi connectivity index (χ4v) is 4.68. The molecule has 7 heteroatoms. The number of fused-ring (bicyclic) bond motifs is 1. The Bertz CT molecular complexity index is 1040. The third-order valence-corrected chi connectivity index (χ3v) is 6.57. The van der Waals surface area contributed by atoms with Crippen molar-refractivity contribution in [2.75, 3.05) is 0 Å². The van der Waals surface area contributed by atoms with Crippen molar-refractivity contribution < 1.29 is 4.79 Å². The molecule has 1 amide bonds. The molecule has 0 spiro atoms. The van der Waals surface area contributed by atoms with Crippen LogP contribution < -0.4 is 10.9 Å². The monoisotopic (exact) mass is 427 g/mol. The minimum atomic E-state index is -0.367. The summed E-state index contributed by atoms with van der Waals surface area (Å²) in [7, 11) is 0. The summed E-state index contributed by atoms with van der Waals surface area (Å²) in [5, 5.41) is 5.11. The molecule has 0 aliphatic heterocycles. The Hall–Kier alpha value is -2.38. The number of nitrogens with one attached hydrogen (secondary N) is 1. The van der Waals surface area contributed by atoms with Crippen LogP contribution >= 0.6 is 23.1 Å². The van der Waals surface area contributed by atoms with E-state index in [2.05, 4.69) is 29.0 Å². The summed E-state index contributed by atoms with van der Waals surface area (Å²) >= 11 is 2.68. The number of amides is 1. The predicted molar refractivity (Wildman–Crippen MR) is 122 cm³/mol. The fourth-order valence-electron chi connectivity index (χ4n) is 2.98. The van der Waals surface area contributed by atoms with Gasteiger partial charge in [-0.15, -0.1) is 17.9 Å². The van der Waals surface area contributed by atoms with Gasteiger partial charge in [-0.25, -0.2) is 4.98 Å². The van der Waals surface area contributed by atoms with Gasteiger partial charge in [0, 0.05) is 12.6 Å². The van der Waals surface area contributed by atoms with Crippen LogP contribution in [0.5, 0.6) is 0 Å². The SMILES string of the molecule is C=CCn1c(SC(C)C(=O)NC(C)CCc2ccccc2)nc2ccsc2c1=O. The van der Waals surface area contributed by atoms with E-state index in [0.29, 0.717) is 21.9 Å². The molecule has 5 nitrogen and oxygen atoms in total. The second-order valence-electron chi connectivity index (χ2n) is 6.93. The quantitative estimate of drug-likeness (QED) is 0.315. The van der Waals surface area contributed by atoms with E-state index in [9.17, 15) is 9.59 Å². The maximum atomic E-state index is 12.7. The van der Waals surface area contributed by atoms with E-state index in [1.54, 1.807) is 10.6 Å². The van der Waals surface area contributed by atoms with Gasteiger partial charge < -0.3 is 5.32 Å². The number of aryl methyl sites for hydroxylation is 1. The topological polar surface area (TPSA) is 64.0 Å². The van der Waals surface area contributed by atoms with Crippen LogP contribution in [0.4, 0.5) is 0 Å². The van der Waals surface area contributed by atoms with Crippen LogP contribution in [-0.4, -0.2) is 26.8 Å². The van der Waals surface area contributed by atoms with Crippen LogP contribution in [0.1, 0.15) is 25.8 Å². The molecule has 0 saturated heterocycles. The Morgan fingerprint density at radius 3 is 2.79 bits per heavy atom. The number of hydrogen-bond acceptors (Lipinski definition) is 5. The Kier molecular flexibility index (Phi) is 7.28. The van der Waals surface area contributed by atoms with Crippen LogP contribution in [0.3, 0.4) is 0 Å². The number of allylic oxidation sites excluding steroid dienone is 1. The van der Waals surface area contributed by atoms with Gasteiger partial charge in [0.25, 0.3) is 5.56 Å². The number of nitrogens with zero attached hydrogens (tertiary/aromatic N) is 2. The van der Waals surface area contributed by atoms with E-state index >= 15 is 0 Å². The molecule has 0 fully saturated rings. The molecule has 2 heterocycles. The largest absolute Gasteiger partial charge is 0.353 e. The predicted octanol–water partition coefficient (Wildman–Crippen LogP) is 4.26. The summed E-state index contributed by atoms with van der Waals surface area (Å²) in [6.45, 7) is 7.95. The van der Waals surface area contributed by atoms with Gasteiger partial charge >= 0.3 is 0 Å². The van der Waals surface area contributed by atoms with Gasteiger partial charge in [-0.2, -0.15) is 0 Å². The Balaban J connectivity index is 1.65. The van der Waals surface area contributed by atoms with Crippen molar-refractivity contribution >= 4 is 39.2 Å². The van der Waals surface area contributed by atoms with Crippen molar-refractivity contribution in [1.29, 1.82) is 0 Å². The second-order valence-corrected chi connectivity index (χ2v) is 9.15. The van der Waals surface area contributed by atoms with E-state index in [4.69, 9.17) is 0 Å². The molecular formula is C22H25N3O2S2. The number of carbonyl (C=O) groups excluding carboxylic acids is 1. The third kappa shape index (κ3) is 5.36. The normalized spacial score (nSPS) is 13.2. The number of hydrogen-bond donors (Lipinski definition) is 1. The van der Waals surface area contributed by atoms with E-state index in [1.165, 1.54) is 28.7 Å². The molecule has 1 aromatic carbocycles. The molecule has 0 aliphatic carbocycles. The maximum Gasteiger partial charge on any atom is 0.272 e. The number of thiophene rings is 1. The molecule has 3 aromatic rings. The molecule has 0 bridgehead atoms. The highest BCUT2D eigenvalue weighted by atomic mass is 32.2. The molecule has 0 saturated carbocycles. The van der Waals surface area contributed by atoms with E-state index < -0.39 is 0 Å². The molecule has 152 valence electrons. The maximum absolute atomic E-state index is 12.7. The lowest BCUT2D eigenvalue weighted by Gasteiger charge is -2.18. The Morgan fingerprint density at radius 2 is 2.07 bits per heavy atom. The summed E-state index contributed by atoms with van der Waals surface area (Å²) in [6.07, 6.45) is 3.45. The van der Waals surface area contributed by atoms with Crippen molar-refractivity contribution in [3.8, 4) is 0 Å². The first-order valence-electron chi connectivity index (χ1n) is 9.59. The summed E-state index contributed by atoms with van der Waals surface area (Å²) < 4.78 is 2.21. The van der Waals surface area contributed by atoms with Crippen LogP contribution in [0, 0.1) is 0 Å². The molecular weight excluding hydrogens is 402 g/mol. The molecule has 0 radical (unpaired) electrons. The van der Waals surface area contributed by atoms with Crippen molar-refractivity contribution in [1.82, 2.24) is 14.9 Å². The highest BCUT2D eigenvalue weighted by Gasteiger charge is 2.20. The summed E-state index contributed by atoms with van der Waals surface area (Å²) in [4.78, 5) is 30.0. The van der Waals surface area contributed by atoms with Crippen molar-refractivity contribution in [2.24, 2.45) is 0 Å².